The number of amides is 2. The van der Waals surface area contributed by atoms with Crippen molar-refractivity contribution in [1.82, 2.24) is 10.2 Å². The zero-order valence-electron chi connectivity index (χ0n) is 27.0. The molecule has 0 unspecified atom stereocenters. The maximum atomic E-state index is 14.6. The number of aryl methyl sites for hydroxylation is 1. The molecule has 248 valence electrons. The Kier molecular flexibility index (Phi) is 11.6. The maximum Gasteiger partial charge on any atom is 0.264 e. The molecule has 0 bridgehead atoms. The molecule has 11 heteroatoms. The lowest BCUT2D eigenvalue weighted by Gasteiger charge is -2.35. The maximum absolute atomic E-state index is 14.6. The van der Waals surface area contributed by atoms with Crippen molar-refractivity contribution >= 4 is 50.7 Å². The van der Waals surface area contributed by atoms with E-state index < -0.39 is 34.1 Å². The van der Waals surface area contributed by atoms with Crippen LogP contribution in [0.2, 0.25) is 10.0 Å². The Morgan fingerprint density at radius 2 is 1.53 bits per heavy atom. The first-order valence-corrected chi connectivity index (χ1v) is 17.2. The molecule has 0 fully saturated rings. The minimum atomic E-state index is -4.28. The molecule has 1 atom stereocenters. The number of rotatable bonds is 12. The summed E-state index contributed by atoms with van der Waals surface area (Å²) in [6, 6.07) is 26.2. The summed E-state index contributed by atoms with van der Waals surface area (Å²) in [6.45, 7) is 6.80. The molecule has 0 saturated heterocycles. The number of hydrogen-bond acceptors (Lipinski definition) is 5. The second-order valence-electron chi connectivity index (χ2n) is 12.2. The highest BCUT2D eigenvalue weighted by molar-refractivity contribution is 7.92. The summed E-state index contributed by atoms with van der Waals surface area (Å²) in [6.07, 6.45) is 0.189. The molecule has 8 nitrogen and oxygen atoms in total. The SMILES string of the molecule is COc1ccc(N(CC(=O)N(Cc2cccc(Cl)c2)[C@H](Cc2ccccc2)C(=O)NC(C)(C)C)S(=O)(=O)c2ccc(C)cc2)cc1Cl. The molecule has 0 saturated carbocycles. The highest BCUT2D eigenvalue weighted by Crippen LogP contribution is 2.32. The van der Waals surface area contributed by atoms with Gasteiger partial charge in [-0.2, -0.15) is 0 Å². The molecule has 0 aliphatic carbocycles. The standard InChI is InChI=1S/C36H39Cl2N3O5S/c1-25-14-17-30(18-15-25)47(44,45)41(29-16-19-33(46-5)31(38)22-29)24-34(42)40(23-27-12-9-13-28(37)20-27)32(35(43)39-36(2,3)4)21-26-10-7-6-8-11-26/h6-20,22,32H,21,23-24H2,1-5H3,(H,39,43)/t32-/m1/s1. The second-order valence-corrected chi connectivity index (χ2v) is 14.9. The van der Waals surface area contributed by atoms with Crippen molar-refractivity contribution in [3.8, 4) is 5.75 Å². The van der Waals surface area contributed by atoms with E-state index in [0.29, 0.717) is 16.3 Å². The topological polar surface area (TPSA) is 96.0 Å². The van der Waals surface area contributed by atoms with Gasteiger partial charge in [-0.05, 0) is 81.3 Å². The third-order valence-corrected chi connectivity index (χ3v) is 9.64. The summed E-state index contributed by atoms with van der Waals surface area (Å²) < 4.78 is 34.8. The quantitative estimate of drug-likeness (QED) is 0.171. The summed E-state index contributed by atoms with van der Waals surface area (Å²) >= 11 is 12.8. The van der Waals surface area contributed by atoms with E-state index in [-0.39, 0.29) is 34.5 Å². The minimum absolute atomic E-state index is 0.00373. The Hall–Kier alpha value is -4.05. The smallest absolute Gasteiger partial charge is 0.264 e. The first kappa shape index (κ1) is 35.8. The molecule has 4 aromatic carbocycles. The molecule has 0 aliphatic heterocycles. The van der Waals surface area contributed by atoms with Gasteiger partial charge in [-0.1, -0.05) is 83.4 Å². The predicted octanol–water partition coefficient (Wildman–Crippen LogP) is 7.06. The van der Waals surface area contributed by atoms with Crippen LogP contribution >= 0.6 is 23.2 Å². The third-order valence-electron chi connectivity index (χ3n) is 7.32. The lowest BCUT2D eigenvalue weighted by Crippen LogP contribution is -2.56. The fraction of sp³-hybridized carbons (Fsp3) is 0.278. The van der Waals surface area contributed by atoms with Crippen molar-refractivity contribution < 1.29 is 22.7 Å². The largest absolute Gasteiger partial charge is 0.495 e. The van der Waals surface area contributed by atoms with Crippen LogP contribution in [-0.2, 0) is 32.6 Å². The highest BCUT2D eigenvalue weighted by atomic mass is 35.5. The first-order chi connectivity index (χ1) is 22.2. The van der Waals surface area contributed by atoms with E-state index in [2.05, 4.69) is 5.32 Å². The van der Waals surface area contributed by atoms with Crippen molar-refractivity contribution in [2.24, 2.45) is 0 Å². The van der Waals surface area contributed by atoms with Gasteiger partial charge in [-0.3, -0.25) is 13.9 Å². The van der Waals surface area contributed by atoms with Crippen LogP contribution in [0.25, 0.3) is 0 Å². The number of nitrogens with zero attached hydrogens (tertiary/aromatic N) is 2. The number of benzene rings is 4. The molecule has 1 N–H and O–H groups in total. The number of anilines is 1. The van der Waals surface area contributed by atoms with Gasteiger partial charge in [0.1, 0.15) is 18.3 Å². The molecule has 2 amide bonds. The molecule has 0 radical (unpaired) electrons. The van der Waals surface area contributed by atoms with E-state index >= 15 is 0 Å². The highest BCUT2D eigenvalue weighted by Gasteiger charge is 2.36. The van der Waals surface area contributed by atoms with E-state index in [4.69, 9.17) is 27.9 Å². The lowest BCUT2D eigenvalue weighted by atomic mass is 10.0. The van der Waals surface area contributed by atoms with E-state index in [1.165, 1.54) is 36.3 Å². The Bertz CT molecular complexity index is 1810. The molecule has 47 heavy (non-hydrogen) atoms. The molecular weight excluding hydrogens is 657 g/mol. The molecule has 0 aliphatic rings. The van der Waals surface area contributed by atoms with Crippen molar-refractivity contribution in [2.75, 3.05) is 18.0 Å². The average Bonchev–Trinajstić information content (AvgIpc) is 3.01. The molecule has 0 spiro atoms. The first-order valence-electron chi connectivity index (χ1n) is 15.0. The fourth-order valence-electron chi connectivity index (χ4n) is 5.02. The molecule has 4 rings (SSSR count). The van der Waals surface area contributed by atoms with Crippen molar-refractivity contribution in [3.63, 3.8) is 0 Å². The van der Waals surface area contributed by atoms with Crippen LogP contribution in [0.1, 0.15) is 37.5 Å². The number of ether oxygens (including phenoxy) is 1. The predicted molar refractivity (Wildman–Crippen MR) is 188 cm³/mol. The van der Waals surface area contributed by atoms with E-state index in [0.717, 1.165) is 15.4 Å². The van der Waals surface area contributed by atoms with Gasteiger partial charge >= 0.3 is 0 Å². The summed E-state index contributed by atoms with van der Waals surface area (Å²) in [5, 5.41) is 3.65. The van der Waals surface area contributed by atoms with Crippen LogP contribution in [0.15, 0.2) is 102 Å². The van der Waals surface area contributed by atoms with Crippen LogP contribution in [0.4, 0.5) is 5.69 Å². The van der Waals surface area contributed by atoms with Gasteiger partial charge in [0.2, 0.25) is 11.8 Å². The third kappa shape index (κ3) is 9.50. The minimum Gasteiger partial charge on any atom is -0.495 e. The molecule has 0 aromatic heterocycles. The molecule has 4 aromatic rings. The van der Waals surface area contributed by atoms with E-state index in [1.54, 1.807) is 42.5 Å². The number of hydrogen-bond donors (Lipinski definition) is 1. The van der Waals surface area contributed by atoms with Gasteiger partial charge in [-0.25, -0.2) is 8.42 Å². The van der Waals surface area contributed by atoms with Gasteiger partial charge in [0, 0.05) is 23.5 Å². The Balaban J connectivity index is 1.84. The van der Waals surface area contributed by atoms with Gasteiger partial charge in [0.25, 0.3) is 10.0 Å². The zero-order valence-corrected chi connectivity index (χ0v) is 29.4. The zero-order chi connectivity index (χ0) is 34.4. The summed E-state index contributed by atoms with van der Waals surface area (Å²) in [5.41, 5.74) is 1.94. The van der Waals surface area contributed by atoms with Crippen molar-refractivity contribution in [1.29, 1.82) is 0 Å². The van der Waals surface area contributed by atoms with Crippen LogP contribution < -0.4 is 14.4 Å². The van der Waals surface area contributed by atoms with Crippen LogP contribution in [0, 0.1) is 6.92 Å². The van der Waals surface area contributed by atoms with Crippen LogP contribution in [0.3, 0.4) is 0 Å². The monoisotopic (exact) mass is 695 g/mol. The van der Waals surface area contributed by atoms with Gasteiger partial charge in [-0.15, -0.1) is 0 Å². The van der Waals surface area contributed by atoms with Crippen molar-refractivity contribution in [2.45, 2.75) is 57.1 Å². The number of carbonyl (C=O) groups is 2. The van der Waals surface area contributed by atoms with Crippen LogP contribution in [-0.4, -0.2) is 50.4 Å². The van der Waals surface area contributed by atoms with E-state index in [1.807, 2.05) is 58.0 Å². The normalized spacial score (nSPS) is 12.2. The molecular formula is C36H39Cl2N3O5S. The number of halogens is 2. The summed E-state index contributed by atoms with van der Waals surface area (Å²) in [4.78, 5) is 30.0. The average molecular weight is 697 g/mol. The number of carbonyl (C=O) groups excluding carboxylic acids is 2. The van der Waals surface area contributed by atoms with Crippen molar-refractivity contribution in [3.05, 3.63) is 124 Å². The van der Waals surface area contributed by atoms with Crippen LogP contribution in [0.5, 0.6) is 5.75 Å². The molecule has 0 heterocycles. The Labute approximate surface area is 287 Å². The van der Waals surface area contributed by atoms with E-state index in [9.17, 15) is 18.0 Å². The summed E-state index contributed by atoms with van der Waals surface area (Å²) in [5.74, 6) is -0.631. The lowest BCUT2D eigenvalue weighted by molar-refractivity contribution is -0.140. The Morgan fingerprint density at radius 1 is 0.872 bits per heavy atom. The number of nitrogens with one attached hydrogen (secondary N) is 1. The Morgan fingerprint density at radius 3 is 2.13 bits per heavy atom. The van der Waals surface area contributed by atoms with Gasteiger partial charge in [0.15, 0.2) is 0 Å². The van der Waals surface area contributed by atoms with Gasteiger partial charge < -0.3 is 15.0 Å². The number of sulfonamides is 1. The number of methoxy groups -OCH3 is 1. The van der Waals surface area contributed by atoms with Gasteiger partial charge in [0.05, 0.1) is 22.7 Å². The second kappa shape index (κ2) is 15.2. The fourth-order valence-corrected chi connectivity index (χ4v) is 6.89. The summed E-state index contributed by atoms with van der Waals surface area (Å²) in [7, 11) is -2.83.